The second-order valence-corrected chi connectivity index (χ2v) is 7.12. The summed E-state index contributed by atoms with van der Waals surface area (Å²) in [5.41, 5.74) is 0.227. The molecular formula is C18H29NO3. The van der Waals surface area contributed by atoms with Crippen LogP contribution in [0.1, 0.15) is 69.9 Å². The smallest absolute Gasteiger partial charge is 0.286 e. The third kappa shape index (κ3) is 4.60. The molecule has 1 aromatic heterocycles. The van der Waals surface area contributed by atoms with E-state index in [0.29, 0.717) is 12.3 Å². The lowest BCUT2D eigenvalue weighted by atomic mass is 9.69. The van der Waals surface area contributed by atoms with Crippen molar-refractivity contribution >= 4 is 5.91 Å². The van der Waals surface area contributed by atoms with Crippen molar-refractivity contribution in [2.24, 2.45) is 5.41 Å². The third-order valence-electron chi connectivity index (χ3n) is 4.67. The molecule has 1 aliphatic heterocycles. The highest BCUT2D eigenvalue weighted by Gasteiger charge is 2.39. The van der Waals surface area contributed by atoms with E-state index in [1.54, 1.807) is 12.1 Å². The van der Waals surface area contributed by atoms with E-state index >= 15 is 0 Å². The van der Waals surface area contributed by atoms with Crippen molar-refractivity contribution in [2.75, 3.05) is 13.2 Å². The molecule has 1 N–H and O–H groups in total. The molecule has 1 aliphatic rings. The minimum absolute atomic E-state index is 0.0585. The Labute approximate surface area is 133 Å². The average molecular weight is 307 g/mol. The van der Waals surface area contributed by atoms with Gasteiger partial charge < -0.3 is 14.5 Å². The van der Waals surface area contributed by atoms with Crippen LogP contribution in [-0.4, -0.2) is 24.7 Å². The number of furan rings is 1. The molecule has 1 unspecified atom stereocenters. The Hall–Kier alpha value is -1.29. The number of amides is 1. The molecule has 1 aromatic rings. The van der Waals surface area contributed by atoms with Crippen molar-refractivity contribution in [1.29, 1.82) is 0 Å². The monoisotopic (exact) mass is 307 g/mol. The summed E-state index contributed by atoms with van der Waals surface area (Å²) in [4.78, 5) is 12.0. The fraction of sp³-hybridized carbons (Fsp3) is 0.722. The van der Waals surface area contributed by atoms with Crippen LogP contribution in [0.4, 0.5) is 0 Å². The predicted octanol–water partition coefficient (Wildman–Crippen LogP) is 4.17. The van der Waals surface area contributed by atoms with Gasteiger partial charge in [0.05, 0.1) is 11.9 Å². The molecule has 4 heteroatoms. The maximum Gasteiger partial charge on any atom is 0.286 e. The van der Waals surface area contributed by atoms with Crippen LogP contribution in [0.2, 0.25) is 0 Å². The first-order chi connectivity index (χ1) is 10.5. The van der Waals surface area contributed by atoms with Gasteiger partial charge in [0, 0.05) is 13.2 Å². The topological polar surface area (TPSA) is 51.5 Å². The quantitative estimate of drug-likeness (QED) is 0.822. The Morgan fingerprint density at radius 3 is 2.82 bits per heavy atom. The number of hydrogen-bond acceptors (Lipinski definition) is 3. The maximum absolute atomic E-state index is 12.0. The number of nitrogens with one attached hydrogen (secondary N) is 1. The van der Waals surface area contributed by atoms with Crippen molar-refractivity contribution < 1.29 is 13.9 Å². The van der Waals surface area contributed by atoms with Crippen LogP contribution in [0.25, 0.3) is 0 Å². The Balaban J connectivity index is 1.91. The lowest BCUT2D eigenvalue weighted by Crippen LogP contribution is -2.43. The highest BCUT2D eigenvalue weighted by molar-refractivity contribution is 5.91. The summed E-state index contributed by atoms with van der Waals surface area (Å²) < 4.78 is 11.0. The van der Waals surface area contributed by atoms with E-state index in [1.807, 2.05) is 0 Å². The Kier molecular flexibility index (Phi) is 5.68. The van der Waals surface area contributed by atoms with Crippen LogP contribution >= 0.6 is 0 Å². The molecule has 2 heterocycles. The molecule has 0 radical (unpaired) electrons. The number of unbranched alkanes of at least 4 members (excludes halogenated alkanes) is 1. The summed E-state index contributed by atoms with van der Waals surface area (Å²) in [5, 5.41) is 2.99. The molecule has 0 aliphatic carbocycles. The van der Waals surface area contributed by atoms with Gasteiger partial charge in [-0.05, 0) is 57.1 Å². The zero-order valence-electron chi connectivity index (χ0n) is 14.1. The van der Waals surface area contributed by atoms with E-state index in [1.165, 1.54) is 25.5 Å². The van der Waals surface area contributed by atoms with Crippen LogP contribution in [0, 0.1) is 5.41 Å². The van der Waals surface area contributed by atoms with Crippen molar-refractivity contribution in [3.8, 4) is 0 Å². The first-order valence-corrected chi connectivity index (χ1v) is 8.42. The van der Waals surface area contributed by atoms with Crippen LogP contribution < -0.4 is 5.32 Å². The van der Waals surface area contributed by atoms with Crippen LogP contribution in [0.15, 0.2) is 22.8 Å². The number of carbonyl (C=O) groups is 1. The van der Waals surface area contributed by atoms with E-state index in [2.05, 4.69) is 26.1 Å². The van der Waals surface area contributed by atoms with Crippen molar-refractivity contribution in [3.05, 3.63) is 24.2 Å². The van der Waals surface area contributed by atoms with E-state index in [0.717, 1.165) is 25.9 Å². The third-order valence-corrected chi connectivity index (χ3v) is 4.67. The molecule has 1 amide bonds. The molecule has 0 saturated carbocycles. The summed E-state index contributed by atoms with van der Waals surface area (Å²) >= 11 is 0. The lowest BCUT2D eigenvalue weighted by molar-refractivity contribution is -0.109. The van der Waals surface area contributed by atoms with Gasteiger partial charge in [-0.3, -0.25) is 4.79 Å². The zero-order valence-corrected chi connectivity index (χ0v) is 14.1. The summed E-state index contributed by atoms with van der Waals surface area (Å²) in [6, 6.07) is 3.43. The fourth-order valence-electron chi connectivity index (χ4n) is 3.63. The Morgan fingerprint density at radius 2 is 2.18 bits per heavy atom. The van der Waals surface area contributed by atoms with Gasteiger partial charge in [-0.2, -0.15) is 0 Å². The molecule has 1 atom stereocenters. The summed E-state index contributed by atoms with van der Waals surface area (Å²) in [6.07, 6.45) is 8.35. The van der Waals surface area contributed by atoms with Crippen LogP contribution in [0.5, 0.6) is 0 Å². The van der Waals surface area contributed by atoms with Crippen LogP contribution in [0.3, 0.4) is 0 Å². The van der Waals surface area contributed by atoms with Gasteiger partial charge in [0.1, 0.15) is 0 Å². The Bertz CT molecular complexity index is 467. The van der Waals surface area contributed by atoms with Gasteiger partial charge >= 0.3 is 0 Å². The second-order valence-electron chi connectivity index (χ2n) is 7.12. The van der Waals surface area contributed by atoms with E-state index in [4.69, 9.17) is 9.15 Å². The van der Waals surface area contributed by atoms with Gasteiger partial charge in [0.2, 0.25) is 0 Å². The lowest BCUT2D eigenvalue weighted by Gasteiger charge is -2.45. The highest BCUT2D eigenvalue weighted by atomic mass is 16.5. The van der Waals surface area contributed by atoms with Crippen molar-refractivity contribution in [3.63, 3.8) is 0 Å². The SMILES string of the molecule is CCCCC1(CCNC(=O)c2ccco2)CCOC(C)(C)C1. The van der Waals surface area contributed by atoms with Gasteiger partial charge in [-0.15, -0.1) is 0 Å². The minimum atomic E-state index is -0.123. The predicted molar refractivity (Wildman–Crippen MR) is 86.9 cm³/mol. The van der Waals surface area contributed by atoms with Gasteiger partial charge in [-0.25, -0.2) is 0 Å². The first kappa shape index (κ1) is 17.1. The molecule has 0 bridgehead atoms. The normalized spacial score (nSPS) is 24.1. The van der Waals surface area contributed by atoms with E-state index < -0.39 is 0 Å². The number of ether oxygens (including phenoxy) is 1. The molecule has 1 saturated heterocycles. The molecule has 22 heavy (non-hydrogen) atoms. The molecule has 4 nitrogen and oxygen atoms in total. The summed E-state index contributed by atoms with van der Waals surface area (Å²) in [7, 11) is 0. The average Bonchev–Trinajstić information content (AvgIpc) is 2.98. The second kappa shape index (κ2) is 7.32. The van der Waals surface area contributed by atoms with Crippen LogP contribution in [-0.2, 0) is 4.74 Å². The van der Waals surface area contributed by atoms with Gasteiger partial charge in [-0.1, -0.05) is 19.8 Å². The molecular weight excluding hydrogens is 278 g/mol. The largest absolute Gasteiger partial charge is 0.459 e. The number of rotatable bonds is 7. The number of hydrogen-bond donors (Lipinski definition) is 1. The van der Waals surface area contributed by atoms with Crippen molar-refractivity contribution in [1.82, 2.24) is 5.32 Å². The van der Waals surface area contributed by atoms with E-state index in [-0.39, 0.29) is 16.9 Å². The fourth-order valence-corrected chi connectivity index (χ4v) is 3.63. The molecule has 0 spiro atoms. The summed E-state index contributed by atoms with van der Waals surface area (Å²) in [6.45, 7) is 8.10. The molecule has 1 fully saturated rings. The standard InChI is InChI=1S/C18H29NO3/c1-4-5-8-18(10-13-22-17(2,3)14-18)9-11-19-16(20)15-7-6-12-21-15/h6-7,12H,4-5,8-11,13-14H2,1-3H3,(H,19,20). The molecule has 0 aromatic carbocycles. The van der Waals surface area contributed by atoms with E-state index in [9.17, 15) is 4.79 Å². The highest BCUT2D eigenvalue weighted by Crippen LogP contribution is 2.44. The minimum Gasteiger partial charge on any atom is -0.459 e. The first-order valence-electron chi connectivity index (χ1n) is 8.42. The van der Waals surface area contributed by atoms with Gasteiger partial charge in [0.15, 0.2) is 5.76 Å². The zero-order chi connectivity index (χ0) is 16.1. The summed E-state index contributed by atoms with van der Waals surface area (Å²) in [5.74, 6) is 0.261. The molecule has 2 rings (SSSR count). The van der Waals surface area contributed by atoms with Gasteiger partial charge in [0.25, 0.3) is 5.91 Å². The number of carbonyl (C=O) groups excluding carboxylic acids is 1. The Morgan fingerprint density at radius 1 is 1.36 bits per heavy atom. The van der Waals surface area contributed by atoms with Crippen molar-refractivity contribution in [2.45, 2.75) is 64.9 Å². The maximum atomic E-state index is 12.0. The molecule has 124 valence electrons.